The minimum Gasteiger partial charge on any atom is -0.497 e. The van der Waals surface area contributed by atoms with Gasteiger partial charge in [-0.3, -0.25) is 10.2 Å². The molecular formula is C29H23N3O3. The number of benzene rings is 4. The molecule has 1 aliphatic rings. The van der Waals surface area contributed by atoms with Crippen molar-refractivity contribution in [2.24, 2.45) is 4.99 Å². The molecule has 0 spiro atoms. The Morgan fingerprint density at radius 1 is 0.771 bits per heavy atom. The summed E-state index contributed by atoms with van der Waals surface area (Å²) in [7, 11) is 1.61. The first-order valence-corrected chi connectivity index (χ1v) is 11.1. The van der Waals surface area contributed by atoms with E-state index in [1.54, 1.807) is 13.2 Å². The zero-order valence-corrected chi connectivity index (χ0v) is 19.1. The Hall–Kier alpha value is -4.84. The van der Waals surface area contributed by atoms with Gasteiger partial charge in [0.2, 0.25) is 0 Å². The summed E-state index contributed by atoms with van der Waals surface area (Å²) >= 11 is 0. The van der Waals surface area contributed by atoms with Gasteiger partial charge in [0.1, 0.15) is 22.9 Å². The van der Waals surface area contributed by atoms with Crippen molar-refractivity contribution in [1.82, 2.24) is 5.01 Å². The third-order valence-electron chi connectivity index (χ3n) is 5.36. The first-order chi connectivity index (χ1) is 17.2. The summed E-state index contributed by atoms with van der Waals surface area (Å²) in [4.78, 5) is 18.1. The monoisotopic (exact) mass is 461 g/mol. The molecule has 1 heterocycles. The number of amides is 1. The van der Waals surface area contributed by atoms with E-state index >= 15 is 0 Å². The van der Waals surface area contributed by atoms with Crippen LogP contribution in [0.5, 0.6) is 17.2 Å². The molecule has 4 aromatic carbocycles. The Kier molecular flexibility index (Phi) is 6.26. The van der Waals surface area contributed by atoms with Gasteiger partial charge in [-0.2, -0.15) is 5.01 Å². The Morgan fingerprint density at radius 3 is 2.17 bits per heavy atom. The number of hydrogen-bond acceptors (Lipinski definition) is 5. The molecule has 0 saturated carbocycles. The molecule has 0 saturated heterocycles. The highest BCUT2D eigenvalue weighted by molar-refractivity contribution is 6.20. The van der Waals surface area contributed by atoms with E-state index in [1.807, 2.05) is 109 Å². The summed E-state index contributed by atoms with van der Waals surface area (Å²) in [5, 5.41) is 1.47. The fourth-order valence-corrected chi connectivity index (χ4v) is 3.65. The van der Waals surface area contributed by atoms with Crippen LogP contribution in [-0.2, 0) is 4.79 Å². The van der Waals surface area contributed by atoms with Crippen molar-refractivity contribution < 1.29 is 14.3 Å². The number of aliphatic imine (C=N–C) groups is 1. The van der Waals surface area contributed by atoms with Gasteiger partial charge in [-0.15, -0.1) is 0 Å². The van der Waals surface area contributed by atoms with E-state index in [1.165, 1.54) is 5.01 Å². The third kappa shape index (κ3) is 5.07. The standard InChI is InChI=1S/C29H23N3O3/c1-34-24-17-15-23(16-18-24)31-32-28(22-10-4-2-5-11-22)30-27(29(32)33)20-21-9-8-14-26(19-21)35-25-12-6-3-7-13-25/h2-20,31H,1H3/b27-20-. The van der Waals surface area contributed by atoms with Gasteiger partial charge in [0.15, 0.2) is 5.84 Å². The third-order valence-corrected chi connectivity index (χ3v) is 5.36. The minimum absolute atomic E-state index is 0.256. The molecule has 4 aromatic rings. The highest BCUT2D eigenvalue weighted by atomic mass is 16.5. The molecule has 35 heavy (non-hydrogen) atoms. The Labute approximate surface area is 203 Å². The number of carbonyl (C=O) groups is 1. The molecule has 0 fully saturated rings. The van der Waals surface area contributed by atoms with Crippen molar-refractivity contribution >= 4 is 23.5 Å². The van der Waals surface area contributed by atoms with Gasteiger partial charge in [-0.25, -0.2) is 4.99 Å². The molecular weight excluding hydrogens is 438 g/mol. The summed E-state index contributed by atoms with van der Waals surface area (Å²) in [6.07, 6.45) is 1.76. The molecule has 0 unspecified atom stereocenters. The van der Waals surface area contributed by atoms with Crippen LogP contribution in [0.25, 0.3) is 6.08 Å². The zero-order chi connectivity index (χ0) is 24.0. The SMILES string of the molecule is COc1ccc(NN2C(=O)/C(=C/c3cccc(Oc4ccccc4)c3)N=C2c2ccccc2)cc1. The van der Waals surface area contributed by atoms with Crippen LogP contribution in [0.1, 0.15) is 11.1 Å². The number of para-hydroxylation sites is 1. The molecule has 6 heteroatoms. The van der Waals surface area contributed by atoms with Crippen molar-refractivity contribution in [3.8, 4) is 17.2 Å². The van der Waals surface area contributed by atoms with Crippen LogP contribution in [0.3, 0.4) is 0 Å². The normalized spacial score (nSPS) is 14.1. The maximum absolute atomic E-state index is 13.4. The van der Waals surface area contributed by atoms with E-state index in [0.717, 1.165) is 28.3 Å². The molecule has 1 aliphatic heterocycles. The average molecular weight is 462 g/mol. The van der Waals surface area contributed by atoms with Gasteiger partial charge in [-0.1, -0.05) is 60.7 Å². The summed E-state index contributed by atoms with van der Waals surface area (Å²) in [5.74, 6) is 2.42. The van der Waals surface area contributed by atoms with Crippen LogP contribution in [0.15, 0.2) is 120 Å². The van der Waals surface area contributed by atoms with Crippen LogP contribution in [-0.4, -0.2) is 23.9 Å². The number of methoxy groups -OCH3 is 1. The molecule has 1 N–H and O–H groups in total. The average Bonchev–Trinajstić information content (AvgIpc) is 3.20. The van der Waals surface area contributed by atoms with Crippen molar-refractivity contribution in [1.29, 1.82) is 0 Å². The molecule has 1 amide bonds. The number of amidine groups is 1. The molecule has 0 atom stereocenters. The van der Waals surface area contributed by atoms with Crippen molar-refractivity contribution in [2.45, 2.75) is 0 Å². The van der Waals surface area contributed by atoms with Crippen molar-refractivity contribution in [3.63, 3.8) is 0 Å². The van der Waals surface area contributed by atoms with Gasteiger partial charge in [0, 0.05) is 5.56 Å². The molecule has 0 bridgehead atoms. The Balaban J connectivity index is 1.45. The van der Waals surface area contributed by atoms with E-state index < -0.39 is 0 Å². The molecule has 5 rings (SSSR count). The number of nitrogens with zero attached hydrogens (tertiary/aromatic N) is 2. The van der Waals surface area contributed by atoms with Crippen LogP contribution in [0.4, 0.5) is 5.69 Å². The smallest absolute Gasteiger partial charge is 0.297 e. The fourth-order valence-electron chi connectivity index (χ4n) is 3.65. The lowest BCUT2D eigenvalue weighted by atomic mass is 10.2. The van der Waals surface area contributed by atoms with Gasteiger partial charge < -0.3 is 9.47 Å². The lowest BCUT2D eigenvalue weighted by molar-refractivity contribution is -0.121. The molecule has 0 aliphatic carbocycles. The van der Waals surface area contributed by atoms with E-state index in [4.69, 9.17) is 9.47 Å². The molecule has 6 nitrogen and oxygen atoms in total. The van der Waals surface area contributed by atoms with Crippen molar-refractivity contribution in [3.05, 3.63) is 126 Å². The molecule has 172 valence electrons. The topological polar surface area (TPSA) is 63.2 Å². The number of carbonyl (C=O) groups excluding carboxylic acids is 1. The number of nitrogens with one attached hydrogen (secondary N) is 1. The molecule has 0 aromatic heterocycles. The second-order valence-electron chi connectivity index (χ2n) is 7.80. The maximum Gasteiger partial charge on any atom is 0.297 e. The number of rotatable bonds is 7. The second-order valence-corrected chi connectivity index (χ2v) is 7.80. The van der Waals surface area contributed by atoms with Crippen LogP contribution < -0.4 is 14.9 Å². The minimum atomic E-state index is -0.256. The van der Waals surface area contributed by atoms with Gasteiger partial charge in [-0.05, 0) is 60.2 Å². The number of ether oxygens (including phenoxy) is 2. The predicted octanol–water partition coefficient (Wildman–Crippen LogP) is 6.14. The summed E-state index contributed by atoms with van der Waals surface area (Å²) in [6, 6.07) is 34.1. The Morgan fingerprint density at radius 2 is 1.46 bits per heavy atom. The highest BCUT2D eigenvalue weighted by Gasteiger charge is 2.31. The quantitative estimate of drug-likeness (QED) is 0.336. The highest BCUT2D eigenvalue weighted by Crippen LogP contribution is 2.26. The maximum atomic E-state index is 13.4. The number of hydrogen-bond donors (Lipinski definition) is 1. The second kappa shape index (κ2) is 9.97. The van der Waals surface area contributed by atoms with E-state index in [-0.39, 0.29) is 5.91 Å². The largest absolute Gasteiger partial charge is 0.497 e. The van der Waals surface area contributed by atoms with Gasteiger partial charge >= 0.3 is 0 Å². The van der Waals surface area contributed by atoms with Crippen LogP contribution >= 0.6 is 0 Å². The number of anilines is 1. The fraction of sp³-hybridized carbons (Fsp3) is 0.0345. The van der Waals surface area contributed by atoms with E-state index in [0.29, 0.717) is 17.3 Å². The summed E-state index contributed by atoms with van der Waals surface area (Å²) in [6.45, 7) is 0. The summed E-state index contributed by atoms with van der Waals surface area (Å²) in [5.41, 5.74) is 5.88. The van der Waals surface area contributed by atoms with E-state index in [9.17, 15) is 4.79 Å². The zero-order valence-electron chi connectivity index (χ0n) is 19.1. The van der Waals surface area contributed by atoms with Gasteiger partial charge in [0.25, 0.3) is 5.91 Å². The van der Waals surface area contributed by atoms with Crippen LogP contribution in [0.2, 0.25) is 0 Å². The first-order valence-electron chi connectivity index (χ1n) is 11.1. The van der Waals surface area contributed by atoms with E-state index in [2.05, 4.69) is 10.4 Å². The molecule has 0 radical (unpaired) electrons. The van der Waals surface area contributed by atoms with Crippen LogP contribution in [0, 0.1) is 0 Å². The van der Waals surface area contributed by atoms with Crippen molar-refractivity contribution in [2.75, 3.05) is 12.5 Å². The predicted molar refractivity (Wildman–Crippen MR) is 137 cm³/mol. The Bertz CT molecular complexity index is 1380. The van der Waals surface area contributed by atoms with Gasteiger partial charge in [0.05, 0.1) is 12.8 Å². The lowest BCUT2D eigenvalue weighted by Gasteiger charge is -2.20. The summed E-state index contributed by atoms with van der Waals surface area (Å²) < 4.78 is 11.2. The number of hydrazine groups is 1. The first kappa shape index (κ1) is 22.0. The lowest BCUT2D eigenvalue weighted by Crippen LogP contribution is -2.37.